The van der Waals surface area contributed by atoms with Crippen molar-refractivity contribution in [2.75, 3.05) is 13.2 Å². The second-order valence-corrected chi connectivity index (χ2v) is 10.7. The summed E-state index contributed by atoms with van der Waals surface area (Å²) in [6.07, 6.45) is 10.5. The van der Waals surface area contributed by atoms with E-state index < -0.39 is 5.54 Å². The van der Waals surface area contributed by atoms with Crippen LogP contribution in [0.3, 0.4) is 0 Å². The Balaban J connectivity index is 0.00000168. The molecule has 0 radical (unpaired) electrons. The molecule has 1 aliphatic heterocycles. The van der Waals surface area contributed by atoms with Crippen molar-refractivity contribution in [2.45, 2.75) is 76.9 Å². The maximum absolute atomic E-state index is 13.2. The van der Waals surface area contributed by atoms with Crippen molar-refractivity contribution in [3.63, 3.8) is 0 Å². The van der Waals surface area contributed by atoms with E-state index >= 15 is 0 Å². The average Bonchev–Trinajstić information content (AvgIpc) is 2.58. The number of halogens is 1. The van der Waals surface area contributed by atoms with Gasteiger partial charge in [0.15, 0.2) is 0 Å². The number of ether oxygens (including phenoxy) is 1. The Morgan fingerprint density at radius 3 is 2.27 bits per heavy atom. The van der Waals surface area contributed by atoms with E-state index in [0.717, 1.165) is 43.7 Å². The number of carbonyl (C=O) groups is 1. The van der Waals surface area contributed by atoms with E-state index in [0.29, 0.717) is 5.41 Å². The summed E-state index contributed by atoms with van der Waals surface area (Å²) in [6, 6.07) is 0. The first-order valence-electron chi connectivity index (χ1n) is 10.5. The van der Waals surface area contributed by atoms with Crippen LogP contribution in [0, 0.1) is 34.5 Å². The number of hydrogen-bond donors (Lipinski definition) is 2. The molecule has 1 amide bonds. The van der Waals surface area contributed by atoms with E-state index in [1.54, 1.807) is 0 Å². The summed E-state index contributed by atoms with van der Waals surface area (Å²) in [5, 5.41) is 3.35. The second-order valence-electron chi connectivity index (χ2n) is 10.7. The first-order chi connectivity index (χ1) is 11.8. The van der Waals surface area contributed by atoms with Gasteiger partial charge in [0.1, 0.15) is 5.54 Å². The van der Waals surface area contributed by atoms with Crippen LogP contribution >= 0.6 is 12.4 Å². The van der Waals surface area contributed by atoms with Gasteiger partial charge in [-0.25, -0.2) is 0 Å². The van der Waals surface area contributed by atoms with Gasteiger partial charge in [0.2, 0.25) is 5.91 Å². The minimum atomic E-state index is -0.764. The molecule has 6 aliphatic rings. The van der Waals surface area contributed by atoms with Crippen LogP contribution in [0.5, 0.6) is 0 Å². The smallest absolute Gasteiger partial charge is 0.241 e. The van der Waals surface area contributed by atoms with E-state index in [1.807, 2.05) is 0 Å². The third kappa shape index (κ3) is 2.44. The predicted molar refractivity (Wildman–Crippen MR) is 104 cm³/mol. The summed E-state index contributed by atoms with van der Waals surface area (Å²) in [7, 11) is 0. The molecule has 0 aromatic carbocycles. The minimum absolute atomic E-state index is 0. The van der Waals surface area contributed by atoms with Gasteiger partial charge in [-0.05, 0) is 74.5 Å². The van der Waals surface area contributed by atoms with Crippen molar-refractivity contribution in [2.24, 2.45) is 40.2 Å². The van der Waals surface area contributed by atoms with Crippen LogP contribution in [0.2, 0.25) is 0 Å². The summed E-state index contributed by atoms with van der Waals surface area (Å²) < 4.78 is 5.96. The lowest BCUT2D eigenvalue weighted by molar-refractivity contribution is -0.225. The van der Waals surface area contributed by atoms with Crippen molar-refractivity contribution in [1.82, 2.24) is 5.32 Å². The molecule has 3 unspecified atom stereocenters. The van der Waals surface area contributed by atoms with Gasteiger partial charge >= 0.3 is 0 Å². The molecule has 0 aromatic heterocycles. The van der Waals surface area contributed by atoms with Crippen molar-refractivity contribution in [3.05, 3.63) is 0 Å². The van der Waals surface area contributed by atoms with Crippen molar-refractivity contribution in [1.29, 1.82) is 0 Å². The average molecular weight is 383 g/mol. The SMILES string of the molecule is CC1(C)C2OCCCC2C1(N)C(=O)NCC12CC3CC(CC(C3)C1)C2.Cl. The quantitative estimate of drug-likeness (QED) is 0.787. The van der Waals surface area contributed by atoms with Crippen LogP contribution < -0.4 is 11.1 Å². The maximum atomic E-state index is 13.2. The monoisotopic (exact) mass is 382 g/mol. The number of carbonyl (C=O) groups excluding carboxylic acids is 1. The van der Waals surface area contributed by atoms with Gasteiger partial charge < -0.3 is 15.8 Å². The molecule has 26 heavy (non-hydrogen) atoms. The number of rotatable bonds is 3. The third-order valence-electron chi connectivity index (χ3n) is 8.85. The second kappa shape index (κ2) is 6.09. The van der Waals surface area contributed by atoms with E-state index in [1.165, 1.54) is 38.5 Å². The summed E-state index contributed by atoms with van der Waals surface area (Å²) >= 11 is 0. The summed E-state index contributed by atoms with van der Waals surface area (Å²) in [5.74, 6) is 3.04. The number of nitrogens with one attached hydrogen (secondary N) is 1. The minimum Gasteiger partial charge on any atom is -0.377 e. The highest BCUT2D eigenvalue weighted by Crippen LogP contribution is 2.60. The Kier molecular flexibility index (Phi) is 4.45. The van der Waals surface area contributed by atoms with Gasteiger partial charge in [-0.2, -0.15) is 0 Å². The number of hydrogen-bond acceptors (Lipinski definition) is 3. The Morgan fingerprint density at radius 2 is 1.69 bits per heavy atom. The molecular formula is C21H35ClN2O2. The van der Waals surface area contributed by atoms with Crippen molar-refractivity contribution in [3.8, 4) is 0 Å². The molecule has 3 atom stereocenters. The first-order valence-corrected chi connectivity index (χ1v) is 10.5. The fourth-order valence-corrected chi connectivity index (χ4v) is 7.96. The fraction of sp³-hybridized carbons (Fsp3) is 0.952. The Bertz CT molecular complexity index is 557. The van der Waals surface area contributed by atoms with Gasteiger partial charge in [-0.1, -0.05) is 13.8 Å². The van der Waals surface area contributed by atoms with Gasteiger partial charge in [0.05, 0.1) is 6.10 Å². The molecule has 4 bridgehead atoms. The van der Waals surface area contributed by atoms with E-state index in [4.69, 9.17) is 10.5 Å². The molecule has 5 saturated carbocycles. The van der Waals surface area contributed by atoms with E-state index in [2.05, 4.69) is 19.2 Å². The lowest BCUT2D eigenvalue weighted by atomic mass is 9.46. The van der Waals surface area contributed by atoms with Gasteiger partial charge in [-0.3, -0.25) is 4.79 Å². The fourth-order valence-electron chi connectivity index (χ4n) is 7.96. The summed E-state index contributed by atoms with van der Waals surface area (Å²) in [5.41, 5.74) is 6.10. The number of nitrogens with two attached hydrogens (primary N) is 1. The summed E-state index contributed by atoms with van der Waals surface area (Å²) in [6.45, 7) is 5.89. The number of amides is 1. The highest BCUT2D eigenvalue weighted by molar-refractivity contribution is 5.89. The highest BCUT2D eigenvalue weighted by Gasteiger charge is 2.70. The van der Waals surface area contributed by atoms with Crippen LogP contribution in [0.1, 0.15) is 65.2 Å². The van der Waals surface area contributed by atoms with Crippen LogP contribution in [-0.4, -0.2) is 30.7 Å². The van der Waals surface area contributed by atoms with Gasteiger partial charge in [-0.15, -0.1) is 12.4 Å². The Morgan fingerprint density at radius 1 is 1.12 bits per heavy atom. The maximum Gasteiger partial charge on any atom is 0.241 e. The molecule has 5 aliphatic carbocycles. The van der Waals surface area contributed by atoms with Crippen LogP contribution in [0.15, 0.2) is 0 Å². The third-order valence-corrected chi connectivity index (χ3v) is 8.85. The van der Waals surface area contributed by atoms with Crippen LogP contribution in [-0.2, 0) is 9.53 Å². The van der Waals surface area contributed by atoms with E-state index in [-0.39, 0.29) is 35.8 Å². The van der Waals surface area contributed by atoms with Crippen molar-refractivity contribution >= 4 is 18.3 Å². The van der Waals surface area contributed by atoms with Gasteiger partial charge in [0.25, 0.3) is 0 Å². The molecule has 4 nitrogen and oxygen atoms in total. The molecule has 1 saturated heterocycles. The highest BCUT2D eigenvalue weighted by atomic mass is 35.5. The zero-order chi connectivity index (χ0) is 17.4. The van der Waals surface area contributed by atoms with Crippen LogP contribution in [0.4, 0.5) is 0 Å². The van der Waals surface area contributed by atoms with Gasteiger partial charge in [0, 0.05) is 24.5 Å². The topological polar surface area (TPSA) is 64.3 Å². The molecule has 148 valence electrons. The lowest BCUT2D eigenvalue weighted by Crippen LogP contribution is -2.82. The Labute approximate surface area is 163 Å². The Hall–Kier alpha value is -0.320. The molecule has 1 heterocycles. The predicted octanol–water partition coefficient (Wildman–Crippen LogP) is 3.27. The van der Waals surface area contributed by atoms with Crippen molar-refractivity contribution < 1.29 is 9.53 Å². The summed E-state index contributed by atoms with van der Waals surface area (Å²) in [4.78, 5) is 13.2. The molecule has 6 rings (SSSR count). The molecule has 6 fully saturated rings. The normalized spacial score (nSPS) is 50.3. The molecule has 0 spiro atoms. The standard InChI is InChI=1S/C21H34N2O2.ClH/c1-19(2)17-16(4-3-5-25-17)21(19,22)18(24)23-12-20-9-13-6-14(10-20)8-15(7-13)11-20;/h13-17H,3-12,22H2,1-2H3,(H,23,24);1H. The molecular weight excluding hydrogens is 348 g/mol. The molecule has 0 aromatic rings. The lowest BCUT2D eigenvalue weighted by Gasteiger charge is -2.65. The molecule has 3 N–H and O–H groups in total. The first kappa shape index (κ1) is 19.0. The largest absolute Gasteiger partial charge is 0.377 e. The number of fused-ring (bicyclic) bond motifs is 1. The zero-order valence-electron chi connectivity index (χ0n) is 16.3. The van der Waals surface area contributed by atoms with E-state index in [9.17, 15) is 4.79 Å². The zero-order valence-corrected chi connectivity index (χ0v) is 17.1. The van der Waals surface area contributed by atoms with Crippen LogP contribution in [0.25, 0.3) is 0 Å². The molecule has 5 heteroatoms.